The molecule has 3 heterocycles. The third-order valence-corrected chi connectivity index (χ3v) is 7.01. The minimum atomic E-state index is -3.32. The van der Waals surface area contributed by atoms with Gasteiger partial charge >= 0.3 is 0 Å². The van der Waals surface area contributed by atoms with Crippen molar-refractivity contribution in [1.29, 1.82) is 0 Å². The Bertz CT molecular complexity index is 1290. The molecule has 1 aromatic heterocycles. The van der Waals surface area contributed by atoms with Crippen molar-refractivity contribution in [1.82, 2.24) is 10.2 Å². The first kappa shape index (κ1) is 19.9. The number of carbonyl (C=O) groups is 1. The molecule has 0 aliphatic carbocycles. The minimum Gasteiger partial charge on any atom is -0.454 e. The molecule has 2 aliphatic heterocycles. The lowest BCUT2D eigenvalue weighted by molar-refractivity contribution is 0.102. The average molecular weight is 460 g/mol. The molecule has 0 amide bonds. The number of nitrogens with zero attached hydrogens (tertiary/aromatic N) is 3. The lowest BCUT2D eigenvalue weighted by Crippen LogP contribution is -2.27. The van der Waals surface area contributed by atoms with Gasteiger partial charge in [0.15, 0.2) is 17.3 Å². The van der Waals surface area contributed by atoms with E-state index < -0.39 is 10.0 Å². The third-order valence-electron chi connectivity index (χ3n) is 5.01. The summed E-state index contributed by atoms with van der Waals surface area (Å²) in [4.78, 5) is 12.6. The van der Waals surface area contributed by atoms with Gasteiger partial charge in [-0.15, -0.1) is 10.2 Å². The quantitative estimate of drug-likeness (QED) is 0.406. The molecule has 2 aromatic carbocycles. The Hall–Kier alpha value is -3.05. The highest BCUT2D eigenvalue weighted by Gasteiger charge is 2.27. The Labute approximate surface area is 182 Å². The highest BCUT2D eigenvalue weighted by atomic mass is 32.2. The van der Waals surface area contributed by atoms with Gasteiger partial charge in [0.2, 0.25) is 22.7 Å². The van der Waals surface area contributed by atoms with Crippen molar-refractivity contribution in [3.8, 4) is 23.0 Å². The molecule has 160 valence electrons. The van der Waals surface area contributed by atoms with E-state index in [-0.39, 0.29) is 23.6 Å². The number of ketones is 1. The van der Waals surface area contributed by atoms with E-state index in [0.717, 1.165) is 17.3 Å². The molecule has 0 atom stereocenters. The van der Waals surface area contributed by atoms with Crippen LogP contribution in [0.2, 0.25) is 0 Å². The Balaban J connectivity index is 1.26. The maximum atomic E-state index is 12.6. The van der Waals surface area contributed by atoms with Crippen molar-refractivity contribution in [3.05, 3.63) is 47.5 Å². The monoisotopic (exact) mass is 459 g/mol. The van der Waals surface area contributed by atoms with Crippen molar-refractivity contribution in [2.24, 2.45) is 0 Å². The van der Waals surface area contributed by atoms with Crippen LogP contribution >= 0.6 is 11.8 Å². The second-order valence-electron chi connectivity index (χ2n) is 7.08. The number of ether oxygens (including phenoxy) is 2. The SMILES string of the molecule is CS(=O)(=O)N1CCc2cc(C(=O)CSc3nnc(-c4ccc5c(c4)OCO5)o3)ccc21. The summed E-state index contributed by atoms with van der Waals surface area (Å²) in [6.07, 6.45) is 1.76. The summed E-state index contributed by atoms with van der Waals surface area (Å²) in [7, 11) is -3.32. The van der Waals surface area contributed by atoms with Crippen LogP contribution in [0, 0.1) is 0 Å². The van der Waals surface area contributed by atoms with Crippen LogP contribution in [0.4, 0.5) is 5.69 Å². The van der Waals surface area contributed by atoms with Crippen LogP contribution in [0.3, 0.4) is 0 Å². The number of aromatic nitrogens is 2. The van der Waals surface area contributed by atoms with Crippen LogP contribution in [-0.2, 0) is 16.4 Å². The van der Waals surface area contributed by atoms with Gasteiger partial charge in [-0.25, -0.2) is 8.42 Å². The van der Waals surface area contributed by atoms with Gasteiger partial charge in [-0.2, -0.15) is 0 Å². The number of Topliss-reactive ketones (excluding diaryl/α,β-unsaturated/α-hetero) is 1. The highest BCUT2D eigenvalue weighted by Crippen LogP contribution is 2.36. The van der Waals surface area contributed by atoms with E-state index in [1.54, 1.807) is 36.4 Å². The second-order valence-corrected chi connectivity index (χ2v) is 9.92. The number of thioether (sulfide) groups is 1. The maximum Gasteiger partial charge on any atom is 0.277 e. The van der Waals surface area contributed by atoms with E-state index in [4.69, 9.17) is 13.9 Å². The largest absolute Gasteiger partial charge is 0.454 e. The molecular formula is C20H17N3O6S2. The lowest BCUT2D eigenvalue weighted by atomic mass is 10.1. The predicted molar refractivity (Wildman–Crippen MR) is 113 cm³/mol. The van der Waals surface area contributed by atoms with Gasteiger partial charge in [0.05, 0.1) is 17.7 Å². The topological polar surface area (TPSA) is 112 Å². The number of sulfonamides is 1. The van der Waals surface area contributed by atoms with E-state index in [2.05, 4.69) is 10.2 Å². The summed E-state index contributed by atoms with van der Waals surface area (Å²) in [6, 6.07) is 10.4. The molecule has 2 aliphatic rings. The number of fused-ring (bicyclic) bond motifs is 2. The molecule has 0 radical (unpaired) electrons. The smallest absolute Gasteiger partial charge is 0.277 e. The molecule has 9 nitrogen and oxygen atoms in total. The molecule has 0 N–H and O–H groups in total. The summed E-state index contributed by atoms with van der Waals surface area (Å²) in [5.41, 5.74) is 2.71. The first-order valence-corrected chi connectivity index (χ1v) is 12.2. The number of hydrogen-bond acceptors (Lipinski definition) is 9. The first-order chi connectivity index (χ1) is 14.9. The van der Waals surface area contributed by atoms with Gasteiger partial charge < -0.3 is 13.9 Å². The molecule has 0 spiro atoms. The fraction of sp³-hybridized carbons (Fsp3) is 0.250. The molecule has 0 bridgehead atoms. The van der Waals surface area contributed by atoms with E-state index in [0.29, 0.717) is 47.2 Å². The number of benzene rings is 2. The number of hydrogen-bond donors (Lipinski definition) is 0. The predicted octanol–water partition coefficient (Wildman–Crippen LogP) is 2.76. The normalized spacial score (nSPS) is 14.7. The van der Waals surface area contributed by atoms with E-state index in [1.165, 1.54) is 10.6 Å². The zero-order valence-corrected chi connectivity index (χ0v) is 18.0. The van der Waals surface area contributed by atoms with Gasteiger partial charge in [0, 0.05) is 17.7 Å². The highest BCUT2D eigenvalue weighted by molar-refractivity contribution is 7.99. The van der Waals surface area contributed by atoms with Crippen LogP contribution in [0.5, 0.6) is 11.5 Å². The summed E-state index contributed by atoms with van der Waals surface area (Å²) >= 11 is 1.15. The fourth-order valence-electron chi connectivity index (χ4n) is 3.51. The van der Waals surface area contributed by atoms with Crippen molar-refractivity contribution < 1.29 is 27.1 Å². The molecule has 3 aromatic rings. The average Bonchev–Trinajstić information content (AvgIpc) is 3.49. The number of carbonyl (C=O) groups excluding carboxylic acids is 1. The second kappa shape index (κ2) is 7.57. The molecule has 0 saturated carbocycles. The van der Waals surface area contributed by atoms with Crippen LogP contribution in [0.15, 0.2) is 46.0 Å². The Morgan fingerprint density at radius 3 is 2.81 bits per heavy atom. The van der Waals surface area contributed by atoms with Gasteiger partial charge in [-0.1, -0.05) is 11.8 Å². The van der Waals surface area contributed by atoms with Crippen LogP contribution in [0.1, 0.15) is 15.9 Å². The molecular weight excluding hydrogens is 442 g/mol. The van der Waals surface area contributed by atoms with Gasteiger partial charge in [0.25, 0.3) is 5.22 Å². The fourth-order valence-corrected chi connectivity index (χ4v) is 5.13. The van der Waals surface area contributed by atoms with Crippen LogP contribution < -0.4 is 13.8 Å². The minimum absolute atomic E-state index is 0.103. The summed E-state index contributed by atoms with van der Waals surface area (Å²) in [5, 5.41) is 8.31. The maximum absolute atomic E-state index is 12.6. The Kier molecular flexibility index (Phi) is 4.86. The van der Waals surface area contributed by atoms with Gasteiger partial charge in [-0.3, -0.25) is 9.10 Å². The van der Waals surface area contributed by atoms with Gasteiger partial charge in [0.1, 0.15) is 0 Å². The lowest BCUT2D eigenvalue weighted by Gasteiger charge is -2.16. The molecule has 31 heavy (non-hydrogen) atoms. The van der Waals surface area contributed by atoms with E-state index >= 15 is 0 Å². The van der Waals surface area contributed by atoms with E-state index in [9.17, 15) is 13.2 Å². The van der Waals surface area contributed by atoms with Crippen molar-refractivity contribution in [3.63, 3.8) is 0 Å². The molecule has 0 saturated heterocycles. The van der Waals surface area contributed by atoms with Crippen molar-refractivity contribution >= 4 is 33.3 Å². The zero-order chi connectivity index (χ0) is 21.6. The van der Waals surface area contributed by atoms with E-state index in [1.807, 2.05) is 0 Å². The third kappa shape index (κ3) is 3.86. The summed E-state index contributed by atoms with van der Waals surface area (Å²) in [5.74, 6) is 1.63. The molecule has 0 unspecified atom stereocenters. The first-order valence-electron chi connectivity index (χ1n) is 9.39. The standard InChI is InChI=1S/C20H17N3O6S2/c1-31(25,26)23-7-6-12-8-13(2-4-15(12)23)16(24)10-30-20-22-21-19(29-20)14-3-5-17-18(9-14)28-11-27-17/h2-5,8-9H,6-7,10-11H2,1H3. The Morgan fingerprint density at radius 1 is 1.13 bits per heavy atom. The van der Waals surface area contributed by atoms with Crippen molar-refractivity contribution in [2.45, 2.75) is 11.6 Å². The number of anilines is 1. The molecule has 5 rings (SSSR count). The van der Waals surface area contributed by atoms with Crippen molar-refractivity contribution in [2.75, 3.05) is 29.7 Å². The molecule has 0 fully saturated rings. The van der Waals surface area contributed by atoms with Crippen LogP contribution in [-0.4, -0.2) is 49.7 Å². The number of rotatable bonds is 6. The molecule has 11 heteroatoms. The Morgan fingerprint density at radius 2 is 1.97 bits per heavy atom. The summed E-state index contributed by atoms with van der Waals surface area (Å²) in [6.45, 7) is 0.575. The van der Waals surface area contributed by atoms with Gasteiger partial charge in [-0.05, 0) is 48.4 Å². The zero-order valence-electron chi connectivity index (χ0n) is 16.4. The van der Waals surface area contributed by atoms with Crippen LogP contribution in [0.25, 0.3) is 11.5 Å². The summed E-state index contributed by atoms with van der Waals surface area (Å²) < 4.78 is 41.4.